The van der Waals surface area contributed by atoms with Gasteiger partial charge in [-0.2, -0.15) is 4.09 Å². The van der Waals surface area contributed by atoms with Crippen LogP contribution in [0.5, 0.6) is 0 Å². The predicted molar refractivity (Wildman–Crippen MR) is 29.4 cm³/mol. The molecule has 0 aliphatic rings. The Labute approximate surface area is 45.5 Å². The predicted octanol–water partition coefficient (Wildman–Crippen LogP) is -0.131. The summed E-state index contributed by atoms with van der Waals surface area (Å²) in [6.45, 7) is 0. The summed E-state index contributed by atoms with van der Waals surface area (Å²) in [6.07, 6.45) is 1.52. The van der Waals surface area contributed by atoms with Crippen LogP contribution in [0.3, 0.4) is 0 Å². The highest BCUT2D eigenvalue weighted by atomic mass is 32.1. The summed E-state index contributed by atoms with van der Waals surface area (Å²) in [5.74, 6) is 0. The fourth-order valence-corrected chi connectivity index (χ4v) is 0.447. The summed E-state index contributed by atoms with van der Waals surface area (Å²) in [5.41, 5.74) is -0.136. The molecule has 0 saturated carbocycles. The highest BCUT2D eigenvalue weighted by Crippen LogP contribution is 1.72. The summed E-state index contributed by atoms with van der Waals surface area (Å²) in [4.78, 5) is 10.3. The van der Waals surface area contributed by atoms with Gasteiger partial charge >= 0.3 is 0 Å². The molecule has 0 bridgehead atoms. The van der Waals surface area contributed by atoms with Crippen LogP contribution in [0.15, 0.2) is 17.1 Å². The normalized spacial score (nSPS) is 9.29. The van der Waals surface area contributed by atoms with Crippen molar-refractivity contribution in [2.75, 3.05) is 0 Å². The molecule has 0 saturated heterocycles. The molecular formula is C3H4N2OS. The minimum atomic E-state index is -0.136. The largest absolute Gasteiger partial charge is 0.293 e. The van der Waals surface area contributed by atoms with Crippen LogP contribution in [0.4, 0.5) is 0 Å². The zero-order chi connectivity index (χ0) is 5.28. The number of H-pyrrole nitrogens is 1. The first-order valence-corrected chi connectivity index (χ1v) is 2.16. The van der Waals surface area contributed by atoms with Crippen molar-refractivity contribution in [3.63, 3.8) is 0 Å². The number of nitrogens with one attached hydrogen (secondary N) is 1. The van der Waals surface area contributed by atoms with E-state index >= 15 is 0 Å². The molecule has 0 fully saturated rings. The van der Waals surface area contributed by atoms with Gasteiger partial charge in [0.15, 0.2) is 0 Å². The molecular weight excluding hydrogens is 112 g/mol. The fourth-order valence-electron chi connectivity index (χ4n) is 0.313. The fraction of sp³-hybridized carbons (Fsp3) is 0. The number of nitrogens with zero attached hydrogens (tertiary/aromatic N) is 1. The Morgan fingerprint density at radius 2 is 2.57 bits per heavy atom. The Kier molecular flexibility index (Phi) is 0.941. The molecule has 4 heteroatoms. The minimum absolute atomic E-state index is 0.136. The van der Waals surface area contributed by atoms with Crippen molar-refractivity contribution in [1.29, 1.82) is 0 Å². The van der Waals surface area contributed by atoms with E-state index in [0.717, 1.165) is 4.09 Å². The molecule has 0 aliphatic carbocycles. The van der Waals surface area contributed by atoms with Gasteiger partial charge in [0.05, 0.1) is 0 Å². The van der Waals surface area contributed by atoms with Crippen molar-refractivity contribution >= 4 is 12.8 Å². The van der Waals surface area contributed by atoms with Gasteiger partial charge < -0.3 is 0 Å². The molecule has 0 aromatic carbocycles. The van der Waals surface area contributed by atoms with Crippen molar-refractivity contribution in [2.45, 2.75) is 0 Å². The van der Waals surface area contributed by atoms with Crippen molar-refractivity contribution in [2.24, 2.45) is 0 Å². The topological polar surface area (TPSA) is 37.8 Å². The summed E-state index contributed by atoms with van der Waals surface area (Å²) in [7, 11) is 0. The first-order chi connectivity index (χ1) is 3.30. The number of hydrogen-bond donors (Lipinski definition) is 2. The molecule has 1 aromatic rings. The van der Waals surface area contributed by atoms with Crippen molar-refractivity contribution < 1.29 is 0 Å². The number of thiol groups is 1. The highest BCUT2D eigenvalue weighted by molar-refractivity contribution is 7.78. The van der Waals surface area contributed by atoms with E-state index in [0.29, 0.717) is 0 Å². The van der Waals surface area contributed by atoms with Crippen LogP contribution in [0.2, 0.25) is 0 Å². The van der Waals surface area contributed by atoms with Gasteiger partial charge in [-0.05, 0) is 12.8 Å². The molecule has 0 radical (unpaired) electrons. The van der Waals surface area contributed by atoms with Crippen LogP contribution >= 0.6 is 12.8 Å². The molecule has 1 heterocycles. The standard InChI is InChI=1S/C3H4N2OS/c6-3-1-2-4-5(3)7/h1-2,4,7H. The van der Waals surface area contributed by atoms with Gasteiger partial charge in [0.1, 0.15) is 0 Å². The zero-order valence-corrected chi connectivity index (χ0v) is 4.35. The second-order valence-corrected chi connectivity index (χ2v) is 1.51. The van der Waals surface area contributed by atoms with Gasteiger partial charge in [0, 0.05) is 12.3 Å². The quantitative estimate of drug-likeness (QED) is 0.455. The van der Waals surface area contributed by atoms with Crippen molar-refractivity contribution in [3.05, 3.63) is 22.6 Å². The molecule has 1 aromatic heterocycles. The van der Waals surface area contributed by atoms with E-state index in [2.05, 4.69) is 17.9 Å². The molecule has 0 spiro atoms. The SMILES string of the molecule is O=c1cc[nH]n1S. The molecule has 0 unspecified atom stereocenters. The first-order valence-electron chi connectivity index (χ1n) is 1.76. The molecule has 1 N–H and O–H groups in total. The maximum Gasteiger partial charge on any atom is 0.276 e. The lowest BCUT2D eigenvalue weighted by molar-refractivity contribution is 0.985. The van der Waals surface area contributed by atoms with Crippen LogP contribution in [-0.2, 0) is 0 Å². The Hall–Kier alpha value is -0.640. The lowest BCUT2D eigenvalue weighted by Crippen LogP contribution is -2.04. The minimum Gasteiger partial charge on any atom is -0.293 e. The molecule has 3 nitrogen and oxygen atoms in total. The Morgan fingerprint density at radius 3 is 2.71 bits per heavy atom. The van der Waals surface area contributed by atoms with Crippen molar-refractivity contribution in [3.8, 4) is 0 Å². The van der Waals surface area contributed by atoms with Crippen LogP contribution in [0.25, 0.3) is 0 Å². The summed E-state index contributed by atoms with van der Waals surface area (Å²) in [5, 5.41) is 2.54. The van der Waals surface area contributed by atoms with Crippen LogP contribution in [0.1, 0.15) is 0 Å². The van der Waals surface area contributed by atoms with E-state index in [1.807, 2.05) is 0 Å². The third-order valence-corrected chi connectivity index (χ3v) is 0.944. The number of aromatic nitrogens is 2. The smallest absolute Gasteiger partial charge is 0.276 e. The van der Waals surface area contributed by atoms with E-state index < -0.39 is 0 Å². The van der Waals surface area contributed by atoms with Crippen LogP contribution in [-0.4, -0.2) is 9.19 Å². The summed E-state index contributed by atoms with van der Waals surface area (Å²) in [6, 6.07) is 1.40. The average Bonchev–Trinajstić information content (AvgIpc) is 1.91. The average molecular weight is 116 g/mol. The number of hydrogen-bond acceptors (Lipinski definition) is 2. The maximum absolute atomic E-state index is 10.3. The Morgan fingerprint density at radius 1 is 1.86 bits per heavy atom. The van der Waals surface area contributed by atoms with Gasteiger partial charge in [-0.3, -0.25) is 9.89 Å². The monoisotopic (exact) mass is 116 g/mol. The lowest BCUT2D eigenvalue weighted by atomic mass is 10.7. The van der Waals surface area contributed by atoms with Gasteiger partial charge in [-0.25, -0.2) is 0 Å². The second-order valence-electron chi connectivity index (χ2n) is 1.11. The molecule has 0 aliphatic heterocycles. The van der Waals surface area contributed by atoms with E-state index in [-0.39, 0.29) is 5.56 Å². The third-order valence-electron chi connectivity index (χ3n) is 0.631. The van der Waals surface area contributed by atoms with Gasteiger partial charge in [-0.15, -0.1) is 0 Å². The van der Waals surface area contributed by atoms with Crippen LogP contribution < -0.4 is 5.56 Å². The van der Waals surface area contributed by atoms with Gasteiger partial charge in [-0.1, -0.05) is 0 Å². The highest BCUT2D eigenvalue weighted by Gasteiger charge is 1.82. The molecule has 0 amide bonds. The number of rotatable bonds is 0. The van der Waals surface area contributed by atoms with Crippen molar-refractivity contribution in [1.82, 2.24) is 9.19 Å². The third kappa shape index (κ3) is 0.691. The van der Waals surface area contributed by atoms with E-state index in [1.54, 1.807) is 0 Å². The first kappa shape index (κ1) is 4.52. The van der Waals surface area contributed by atoms with Gasteiger partial charge in [0.25, 0.3) is 5.56 Å². The maximum atomic E-state index is 10.3. The zero-order valence-electron chi connectivity index (χ0n) is 3.46. The summed E-state index contributed by atoms with van der Waals surface area (Å²) < 4.78 is 1.10. The Bertz CT molecular complexity index is 201. The second kappa shape index (κ2) is 1.46. The Balaban J connectivity index is 3.39. The molecule has 38 valence electrons. The molecule has 7 heavy (non-hydrogen) atoms. The molecule has 1 rings (SSSR count). The van der Waals surface area contributed by atoms with E-state index in [4.69, 9.17) is 0 Å². The summed E-state index contributed by atoms with van der Waals surface area (Å²) >= 11 is 3.70. The van der Waals surface area contributed by atoms with Gasteiger partial charge in [0.2, 0.25) is 0 Å². The van der Waals surface area contributed by atoms with Crippen LogP contribution in [0, 0.1) is 0 Å². The number of aromatic amines is 1. The van der Waals surface area contributed by atoms with E-state index in [1.165, 1.54) is 12.3 Å². The lowest BCUT2D eigenvalue weighted by Gasteiger charge is -1.77. The molecule has 0 atom stereocenters. The van der Waals surface area contributed by atoms with E-state index in [9.17, 15) is 4.79 Å².